The first-order valence-corrected chi connectivity index (χ1v) is 10.00. The van der Waals surface area contributed by atoms with E-state index in [0.29, 0.717) is 0 Å². The molecule has 1 saturated carbocycles. The largest absolute Gasteiger partial charge is 0.343 e. The maximum Gasteiger partial charge on any atom is 0.251 e. The predicted molar refractivity (Wildman–Crippen MR) is 110 cm³/mol. The van der Waals surface area contributed by atoms with Crippen molar-refractivity contribution < 1.29 is 4.79 Å². The lowest BCUT2D eigenvalue weighted by Crippen LogP contribution is -2.64. The van der Waals surface area contributed by atoms with Gasteiger partial charge in [-0.3, -0.25) is 9.69 Å². The molecule has 1 N–H and O–H groups in total. The molecule has 140 valence electrons. The predicted octanol–water partition coefficient (Wildman–Crippen LogP) is 4.59. The van der Waals surface area contributed by atoms with Crippen LogP contribution >= 0.6 is 0 Å². The zero-order valence-electron chi connectivity index (χ0n) is 15.8. The number of rotatable bonds is 6. The average molecular weight is 361 g/mol. The first-order valence-electron chi connectivity index (χ1n) is 10.00. The van der Waals surface area contributed by atoms with Gasteiger partial charge in [-0.2, -0.15) is 0 Å². The van der Waals surface area contributed by atoms with E-state index in [-0.39, 0.29) is 17.5 Å². The van der Waals surface area contributed by atoms with Crippen LogP contribution in [0.25, 0.3) is 0 Å². The lowest BCUT2D eigenvalue weighted by molar-refractivity contribution is -0.0504. The Hall–Kier alpha value is -2.39. The number of hydrogen-bond donors (Lipinski definition) is 1. The smallest absolute Gasteiger partial charge is 0.251 e. The van der Waals surface area contributed by atoms with Crippen LogP contribution in [-0.4, -0.2) is 29.4 Å². The van der Waals surface area contributed by atoms with Crippen molar-refractivity contribution >= 4 is 5.91 Å². The molecular weight excluding hydrogens is 332 g/mol. The van der Waals surface area contributed by atoms with Gasteiger partial charge in [-0.1, -0.05) is 54.6 Å². The standard InChI is InChI=1S/C24H28N2O/c1-2-17-26-18-19-13-15-24(26,16-14-19)22(20-9-5-3-6-10-20)25-23(27)21-11-7-4-8-12-21/h2-12,19,22H,1,13-18H2,(H,25,27). The highest BCUT2D eigenvalue weighted by Crippen LogP contribution is 2.49. The summed E-state index contributed by atoms with van der Waals surface area (Å²) in [5.74, 6) is 0.790. The van der Waals surface area contributed by atoms with Crippen LogP contribution in [0.5, 0.6) is 0 Å². The van der Waals surface area contributed by atoms with E-state index in [1.807, 2.05) is 42.5 Å². The van der Waals surface area contributed by atoms with Crippen molar-refractivity contribution in [2.45, 2.75) is 37.3 Å². The van der Waals surface area contributed by atoms with Crippen LogP contribution in [0.4, 0.5) is 0 Å². The van der Waals surface area contributed by atoms with Crippen LogP contribution in [0.3, 0.4) is 0 Å². The van der Waals surface area contributed by atoms with Gasteiger partial charge in [0.1, 0.15) is 0 Å². The van der Waals surface area contributed by atoms with E-state index >= 15 is 0 Å². The molecule has 3 heteroatoms. The molecular formula is C24H28N2O. The summed E-state index contributed by atoms with van der Waals surface area (Å²) in [4.78, 5) is 15.6. The number of piperidine rings is 2. The highest BCUT2D eigenvalue weighted by molar-refractivity contribution is 5.94. The van der Waals surface area contributed by atoms with Gasteiger partial charge in [0.2, 0.25) is 0 Å². The Balaban J connectivity index is 1.71. The first-order chi connectivity index (χ1) is 13.2. The van der Waals surface area contributed by atoms with Crippen molar-refractivity contribution in [3.05, 3.63) is 84.4 Å². The average Bonchev–Trinajstić information content (AvgIpc) is 2.74. The quantitative estimate of drug-likeness (QED) is 0.764. The van der Waals surface area contributed by atoms with E-state index in [1.165, 1.54) is 18.4 Å². The van der Waals surface area contributed by atoms with Gasteiger partial charge in [-0.05, 0) is 49.3 Å². The maximum atomic E-state index is 13.1. The van der Waals surface area contributed by atoms with Crippen molar-refractivity contribution in [2.24, 2.45) is 5.92 Å². The fraction of sp³-hybridized carbons (Fsp3) is 0.375. The van der Waals surface area contributed by atoms with Crippen LogP contribution in [-0.2, 0) is 0 Å². The van der Waals surface area contributed by atoms with Gasteiger partial charge >= 0.3 is 0 Å². The minimum absolute atomic E-state index is 0.00470. The Labute approximate surface area is 162 Å². The third-order valence-corrected chi connectivity index (χ3v) is 6.41. The summed E-state index contributed by atoms with van der Waals surface area (Å²) in [6, 6.07) is 20.0. The minimum atomic E-state index is -0.0330. The number of fused-ring (bicyclic) bond motifs is 3. The molecule has 0 aromatic heterocycles. The fourth-order valence-electron chi connectivity index (χ4n) is 5.03. The highest BCUT2D eigenvalue weighted by atomic mass is 16.1. The molecule has 1 aliphatic carbocycles. The van der Waals surface area contributed by atoms with Gasteiger partial charge in [0.15, 0.2) is 0 Å². The fourth-order valence-corrected chi connectivity index (χ4v) is 5.03. The van der Waals surface area contributed by atoms with Gasteiger partial charge in [-0.25, -0.2) is 0 Å². The normalized spacial score (nSPS) is 25.7. The molecule has 1 amide bonds. The molecule has 2 bridgehead atoms. The van der Waals surface area contributed by atoms with Crippen LogP contribution in [0.15, 0.2) is 73.3 Å². The molecule has 2 aliphatic heterocycles. The number of carbonyl (C=O) groups is 1. The maximum absolute atomic E-state index is 13.1. The van der Waals surface area contributed by atoms with Crippen molar-refractivity contribution in [3.8, 4) is 0 Å². The summed E-state index contributed by atoms with van der Waals surface area (Å²) in [5, 5.41) is 3.41. The minimum Gasteiger partial charge on any atom is -0.343 e. The third-order valence-electron chi connectivity index (χ3n) is 6.41. The first kappa shape index (κ1) is 18.0. The molecule has 0 spiro atoms. The molecule has 2 aromatic rings. The summed E-state index contributed by atoms with van der Waals surface area (Å²) in [7, 11) is 0. The van der Waals surface area contributed by atoms with Crippen LogP contribution in [0.2, 0.25) is 0 Å². The Morgan fingerprint density at radius 1 is 1.11 bits per heavy atom. The Bertz CT molecular complexity index is 779. The van der Waals surface area contributed by atoms with Crippen molar-refractivity contribution in [1.82, 2.24) is 10.2 Å². The van der Waals surface area contributed by atoms with Gasteiger partial charge in [0.25, 0.3) is 5.91 Å². The number of nitrogens with one attached hydrogen (secondary N) is 1. The van der Waals surface area contributed by atoms with Gasteiger partial charge < -0.3 is 5.32 Å². The topological polar surface area (TPSA) is 32.3 Å². The molecule has 1 atom stereocenters. The Morgan fingerprint density at radius 3 is 2.37 bits per heavy atom. The van der Waals surface area contributed by atoms with Gasteiger partial charge in [-0.15, -0.1) is 6.58 Å². The molecule has 27 heavy (non-hydrogen) atoms. The second kappa shape index (κ2) is 7.69. The van der Waals surface area contributed by atoms with Crippen molar-refractivity contribution in [3.63, 3.8) is 0 Å². The molecule has 0 radical (unpaired) electrons. The molecule has 2 heterocycles. The molecule has 3 nitrogen and oxygen atoms in total. The molecule has 2 aromatic carbocycles. The number of benzene rings is 2. The number of amides is 1. The molecule has 1 unspecified atom stereocenters. The van der Waals surface area contributed by atoms with E-state index in [4.69, 9.17) is 0 Å². The summed E-state index contributed by atoms with van der Waals surface area (Å²) in [6.45, 7) is 5.96. The second-order valence-corrected chi connectivity index (χ2v) is 7.92. The monoisotopic (exact) mass is 360 g/mol. The van der Waals surface area contributed by atoms with Crippen molar-refractivity contribution in [1.29, 1.82) is 0 Å². The molecule has 5 rings (SSSR count). The van der Waals surface area contributed by atoms with E-state index in [1.54, 1.807) is 0 Å². The van der Waals surface area contributed by atoms with Gasteiger partial charge in [0.05, 0.1) is 6.04 Å². The summed E-state index contributed by atoms with van der Waals surface area (Å²) >= 11 is 0. The zero-order chi connectivity index (χ0) is 18.7. The van der Waals surface area contributed by atoms with E-state index in [9.17, 15) is 4.79 Å². The Kier molecular flexibility index (Phi) is 5.13. The number of hydrogen-bond acceptors (Lipinski definition) is 2. The summed E-state index contributed by atoms with van der Waals surface area (Å²) in [5.41, 5.74) is 1.88. The van der Waals surface area contributed by atoms with Crippen LogP contribution in [0, 0.1) is 5.92 Å². The molecule has 3 fully saturated rings. The number of carbonyl (C=O) groups excluding carboxylic acids is 1. The zero-order valence-corrected chi connectivity index (χ0v) is 15.8. The lowest BCUT2D eigenvalue weighted by Gasteiger charge is -2.58. The Morgan fingerprint density at radius 2 is 1.74 bits per heavy atom. The SMILES string of the molecule is C=CCN1CC2CCC1(C(NC(=O)c1ccccc1)c1ccccc1)CC2. The molecule has 2 saturated heterocycles. The van der Waals surface area contributed by atoms with Crippen molar-refractivity contribution in [2.75, 3.05) is 13.1 Å². The highest BCUT2D eigenvalue weighted by Gasteiger charge is 2.51. The number of nitrogens with zero attached hydrogens (tertiary/aromatic N) is 1. The van der Waals surface area contributed by atoms with Gasteiger partial charge in [0, 0.05) is 24.2 Å². The van der Waals surface area contributed by atoms with Crippen LogP contribution in [0.1, 0.15) is 47.6 Å². The van der Waals surface area contributed by atoms with Crippen LogP contribution < -0.4 is 5.32 Å². The summed E-state index contributed by atoms with van der Waals surface area (Å²) in [6.07, 6.45) is 6.75. The lowest BCUT2D eigenvalue weighted by atomic mass is 9.65. The third kappa shape index (κ3) is 3.44. The van der Waals surface area contributed by atoms with E-state index in [0.717, 1.165) is 37.4 Å². The second-order valence-electron chi connectivity index (χ2n) is 7.92. The summed E-state index contributed by atoms with van der Waals surface area (Å²) < 4.78 is 0. The van der Waals surface area contributed by atoms with E-state index < -0.39 is 0 Å². The molecule has 3 aliphatic rings. The van der Waals surface area contributed by atoms with E-state index in [2.05, 4.69) is 41.1 Å².